The van der Waals surface area contributed by atoms with Crippen molar-refractivity contribution in [3.05, 3.63) is 21.8 Å². The highest BCUT2D eigenvalue weighted by Crippen LogP contribution is 2.38. The van der Waals surface area contributed by atoms with Crippen LogP contribution in [0.1, 0.15) is 38.0 Å². The molecule has 0 radical (unpaired) electrons. The van der Waals surface area contributed by atoms with Crippen molar-refractivity contribution in [3.63, 3.8) is 0 Å². The zero-order valence-corrected chi connectivity index (χ0v) is 13.7. The summed E-state index contributed by atoms with van der Waals surface area (Å²) in [6.07, 6.45) is 6.99. The monoisotopic (exact) mass is 355 g/mol. The van der Waals surface area contributed by atoms with E-state index >= 15 is 0 Å². The Kier molecular flexibility index (Phi) is 4.23. The third-order valence-corrected chi connectivity index (χ3v) is 5.82. The maximum absolute atomic E-state index is 6.01. The van der Waals surface area contributed by atoms with Gasteiger partial charge in [0.25, 0.3) is 0 Å². The maximum Gasteiger partial charge on any atom is 0.227 e. The van der Waals surface area contributed by atoms with Crippen LogP contribution in [0.3, 0.4) is 0 Å². The van der Waals surface area contributed by atoms with Crippen LogP contribution >= 0.6 is 27.3 Å². The molecule has 2 aromatic rings. The van der Waals surface area contributed by atoms with Crippen LogP contribution in [0.15, 0.2) is 20.4 Å². The quantitative estimate of drug-likeness (QED) is 0.899. The van der Waals surface area contributed by atoms with E-state index in [1.807, 2.05) is 11.4 Å². The third-order valence-electron chi connectivity index (χ3n) is 4.13. The molecular formula is C14H18BrN3OS. The number of halogens is 1. The molecule has 3 rings (SSSR count). The lowest BCUT2D eigenvalue weighted by Crippen LogP contribution is -2.35. The molecule has 2 aromatic heterocycles. The molecule has 1 aliphatic carbocycles. The normalized spacial score (nSPS) is 18.3. The summed E-state index contributed by atoms with van der Waals surface area (Å²) in [5.41, 5.74) is 6.18. The Balaban J connectivity index is 1.76. The number of hydrogen-bond donors (Lipinski definition) is 1. The number of thiophene rings is 1. The molecule has 1 aliphatic rings. The van der Waals surface area contributed by atoms with Crippen LogP contribution in [-0.2, 0) is 6.42 Å². The van der Waals surface area contributed by atoms with Gasteiger partial charge in [0.2, 0.25) is 11.7 Å². The molecule has 0 bridgehead atoms. The number of hydrogen-bond acceptors (Lipinski definition) is 5. The summed E-state index contributed by atoms with van der Waals surface area (Å²) in [6.45, 7) is 0.704. The Morgan fingerprint density at radius 1 is 1.35 bits per heavy atom. The first-order valence-electron chi connectivity index (χ1n) is 6.98. The smallest absolute Gasteiger partial charge is 0.227 e. The lowest BCUT2D eigenvalue weighted by atomic mass is 9.72. The second-order valence-electron chi connectivity index (χ2n) is 5.58. The zero-order valence-electron chi connectivity index (χ0n) is 11.3. The summed E-state index contributed by atoms with van der Waals surface area (Å²) in [4.78, 5) is 5.56. The molecule has 2 N–H and O–H groups in total. The lowest BCUT2D eigenvalue weighted by molar-refractivity contribution is 0.177. The van der Waals surface area contributed by atoms with Crippen molar-refractivity contribution in [2.75, 3.05) is 6.54 Å². The Hall–Kier alpha value is -0.720. The first kappa shape index (κ1) is 14.2. The molecule has 0 unspecified atom stereocenters. The van der Waals surface area contributed by atoms with Crippen molar-refractivity contribution in [3.8, 4) is 10.7 Å². The molecule has 1 saturated carbocycles. The highest BCUT2D eigenvalue weighted by molar-refractivity contribution is 9.10. The largest absolute Gasteiger partial charge is 0.339 e. The average Bonchev–Trinajstić information content (AvgIpc) is 3.09. The minimum atomic E-state index is 0.165. The number of aromatic nitrogens is 2. The minimum Gasteiger partial charge on any atom is -0.339 e. The van der Waals surface area contributed by atoms with Gasteiger partial charge in [-0.1, -0.05) is 24.4 Å². The van der Waals surface area contributed by atoms with Gasteiger partial charge in [-0.3, -0.25) is 0 Å². The van der Waals surface area contributed by atoms with Gasteiger partial charge in [0.15, 0.2) is 0 Å². The summed E-state index contributed by atoms with van der Waals surface area (Å²) in [5, 5.41) is 6.12. The highest BCUT2D eigenvalue weighted by Gasteiger charge is 2.33. The number of rotatable bonds is 4. The van der Waals surface area contributed by atoms with Gasteiger partial charge in [0.05, 0.1) is 4.88 Å². The molecule has 1 fully saturated rings. The zero-order chi connectivity index (χ0) is 14.0. The fourth-order valence-corrected chi connectivity index (χ4v) is 4.28. The molecule has 0 aromatic carbocycles. The van der Waals surface area contributed by atoms with E-state index < -0.39 is 0 Å². The topological polar surface area (TPSA) is 64.9 Å². The summed E-state index contributed by atoms with van der Waals surface area (Å²) in [5.74, 6) is 1.40. The molecule has 0 saturated heterocycles. The Morgan fingerprint density at radius 2 is 2.15 bits per heavy atom. The van der Waals surface area contributed by atoms with Gasteiger partial charge in [-0.05, 0) is 46.8 Å². The SMILES string of the molecule is NCC1(Cc2nc(-c3cc(Br)cs3)no2)CCCCC1. The third kappa shape index (κ3) is 2.97. The van der Waals surface area contributed by atoms with Crippen molar-refractivity contribution >= 4 is 27.3 Å². The molecule has 4 nitrogen and oxygen atoms in total. The van der Waals surface area contributed by atoms with Crippen LogP contribution in [0.5, 0.6) is 0 Å². The van der Waals surface area contributed by atoms with E-state index in [4.69, 9.17) is 10.3 Å². The predicted molar refractivity (Wildman–Crippen MR) is 83.6 cm³/mol. The summed E-state index contributed by atoms with van der Waals surface area (Å²) in [7, 11) is 0. The van der Waals surface area contributed by atoms with Gasteiger partial charge < -0.3 is 10.3 Å². The van der Waals surface area contributed by atoms with Crippen LogP contribution in [-0.4, -0.2) is 16.7 Å². The number of nitrogens with zero attached hydrogens (tertiary/aromatic N) is 2. The molecule has 0 aliphatic heterocycles. The van der Waals surface area contributed by atoms with E-state index in [1.54, 1.807) is 11.3 Å². The first-order chi connectivity index (χ1) is 9.71. The van der Waals surface area contributed by atoms with Crippen molar-refractivity contribution in [1.82, 2.24) is 10.1 Å². The van der Waals surface area contributed by atoms with Gasteiger partial charge in [-0.2, -0.15) is 4.98 Å². The van der Waals surface area contributed by atoms with E-state index in [-0.39, 0.29) is 5.41 Å². The van der Waals surface area contributed by atoms with Crippen molar-refractivity contribution < 1.29 is 4.52 Å². The van der Waals surface area contributed by atoms with Crippen molar-refractivity contribution in [1.29, 1.82) is 0 Å². The molecule has 20 heavy (non-hydrogen) atoms. The Bertz CT molecular complexity index is 574. The number of nitrogens with two attached hydrogens (primary N) is 1. The van der Waals surface area contributed by atoms with Gasteiger partial charge in [0, 0.05) is 16.3 Å². The summed E-state index contributed by atoms with van der Waals surface area (Å²) < 4.78 is 6.48. The summed E-state index contributed by atoms with van der Waals surface area (Å²) >= 11 is 5.05. The molecule has 108 valence electrons. The van der Waals surface area contributed by atoms with E-state index in [9.17, 15) is 0 Å². The standard InChI is InChI=1S/C14H18BrN3OS/c15-10-6-11(20-8-10)13-17-12(19-18-13)7-14(9-16)4-2-1-3-5-14/h6,8H,1-5,7,9,16H2. The Labute approximate surface area is 130 Å². The van der Waals surface area contributed by atoms with Crippen LogP contribution in [0, 0.1) is 5.41 Å². The molecule has 6 heteroatoms. The fourth-order valence-electron chi connectivity index (χ4n) is 2.93. The highest BCUT2D eigenvalue weighted by atomic mass is 79.9. The fraction of sp³-hybridized carbons (Fsp3) is 0.571. The maximum atomic E-state index is 6.01. The predicted octanol–water partition coefficient (Wildman–Crippen LogP) is 4.01. The minimum absolute atomic E-state index is 0.165. The van der Waals surface area contributed by atoms with Crippen molar-refractivity contribution in [2.24, 2.45) is 11.1 Å². The van der Waals surface area contributed by atoms with Crippen LogP contribution in [0.2, 0.25) is 0 Å². The molecule has 0 atom stereocenters. The van der Waals surface area contributed by atoms with Crippen LogP contribution in [0.4, 0.5) is 0 Å². The second-order valence-corrected chi connectivity index (χ2v) is 7.41. The van der Waals surface area contributed by atoms with Crippen LogP contribution in [0.25, 0.3) is 10.7 Å². The van der Waals surface area contributed by atoms with Gasteiger partial charge in [0.1, 0.15) is 0 Å². The lowest BCUT2D eigenvalue weighted by Gasteiger charge is -2.34. The van der Waals surface area contributed by atoms with Gasteiger partial charge in [-0.25, -0.2) is 0 Å². The molecule has 0 spiro atoms. The average molecular weight is 356 g/mol. The molecule has 0 amide bonds. The van der Waals surface area contributed by atoms with Gasteiger partial charge in [-0.15, -0.1) is 11.3 Å². The summed E-state index contributed by atoms with van der Waals surface area (Å²) in [6, 6.07) is 2.01. The van der Waals surface area contributed by atoms with E-state index in [0.717, 1.165) is 21.7 Å². The Morgan fingerprint density at radius 3 is 2.80 bits per heavy atom. The van der Waals surface area contributed by atoms with Crippen molar-refractivity contribution in [2.45, 2.75) is 38.5 Å². The van der Waals surface area contributed by atoms with E-state index in [2.05, 4.69) is 26.1 Å². The van der Waals surface area contributed by atoms with Crippen LogP contribution < -0.4 is 5.73 Å². The molecular weight excluding hydrogens is 338 g/mol. The van der Waals surface area contributed by atoms with E-state index in [1.165, 1.54) is 32.1 Å². The second kappa shape index (κ2) is 5.95. The van der Waals surface area contributed by atoms with Gasteiger partial charge >= 0.3 is 0 Å². The first-order valence-corrected chi connectivity index (χ1v) is 8.65. The molecule has 2 heterocycles. The van der Waals surface area contributed by atoms with E-state index in [0.29, 0.717) is 12.4 Å².